The van der Waals surface area contributed by atoms with Crippen molar-refractivity contribution < 1.29 is 85.4 Å². The highest BCUT2D eigenvalue weighted by Gasteiger charge is 2.60. The second-order valence-corrected chi connectivity index (χ2v) is 26.0. The number of carbonyl (C=O) groups excluding carboxylic acids is 3. The van der Waals surface area contributed by atoms with Crippen LogP contribution in [-0.4, -0.2) is 142 Å². The molecule has 0 aliphatic carbocycles. The summed E-state index contributed by atoms with van der Waals surface area (Å²) >= 11 is 0. The average Bonchev–Trinajstić information content (AvgIpc) is 1.48. The molecule has 4 heterocycles. The van der Waals surface area contributed by atoms with Gasteiger partial charge in [-0.1, -0.05) is 255 Å². The number of rotatable bonds is 34. The fourth-order valence-electron chi connectivity index (χ4n) is 13.5. The molecule has 0 N–H and O–H groups in total. The summed E-state index contributed by atoms with van der Waals surface area (Å²) in [4.78, 5) is 46.2. The van der Waals surface area contributed by atoms with Crippen LogP contribution in [0.1, 0.15) is 72.1 Å². The molecule has 19 heteroatoms. The van der Waals surface area contributed by atoms with Crippen molar-refractivity contribution in [3.8, 4) is 0 Å². The van der Waals surface area contributed by atoms with E-state index in [4.69, 9.17) is 71.1 Å². The van der Waals surface area contributed by atoms with Gasteiger partial charge in [-0.05, 0) is 56.6 Å². The number of amides is 2. The SMILES string of the molecule is CO[C@H]1O[C@H](CO[C@@H]2O[C@H](COCc3ccccc3)[C@@H](O[C@@H]3O[C@H](COCc4ccccc4)[C@@H](OCc4ccccc4)[C@H](OCc4ccccc4)[C@H]3OCc3ccccc3)[C@H](OC(C)=O)[C@H]2N2C(=O)c3ccccc3C2=O)[C@@H](OCc2ccccc2)[C@H](OCc2ccccc2)[C@H]1OCc1ccccc1. The van der Waals surface area contributed by atoms with E-state index in [2.05, 4.69) is 0 Å². The van der Waals surface area contributed by atoms with Gasteiger partial charge >= 0.3 is 5.97 Å². The van der Waals surface area contributed by atoms with E-state index >= 15 is 9.59 Å². The number of hydrogen-bond donors (Lipinski definition) is 0. The summed E-state index contributed by atoms with van der Waals surface area (Å²) in [5.41, 5.74) is 7.25. The lowest BCUT2D eigenvalue weighted by molar-refractivity contribution is -0.369. The zero-order valence-electron chi connectivity index (χ0n) is 58.1. The van der Waals surface area contributed by atoms with E-state index < -0.39 is 110 Å². The molecular formula is C85H87NO18. The molecule has 4 aliphatic rings. The zero-order valence-corrected chi connectivity index (χ0v) is 58.1. The molecule has 13 rings (SSSR count). The molecule has 0 spiro atoms. The minimum atomic E-state index is -1.63. The Morgan fingerprint density at radius 3 is 0.962 bits per heavy atom. The molecule has 0 unspecified atom stereocenters. The first-order valence-corrected chi connectivity index (χ1v) is 35.3. The van der Waals surface area contributed by atoms with Crippen LogP contribution in [0.4, 0.5) is 0 Å². The predicted molar refractivity (Wildman–Crippen MR) is 382 cm³/mol. The van der Waals surface area contributed by atoms with Gasteiger partial charge < -0.3 is 71.1 Å². The van der Waals surface area contributed by atoms with Crippen LogP contribution in [0.15, 0.2) is 267 Å². The molecule has 104 heavy (non-hydrogen) atoms. The molecule has 2 amide bonds. The van der Waals surface area contributed by atoms with Crippen molar-refractivity contribution in [2.75, 3.05) is 26.9 Å². The van der Waals surface area contributed by atoms with E-state index in [9.17, 15) is 4.79 Å². The third kappa shape index (κ3) is 19.1. The van der Waals surface area contributed by atoms with E-state index in [0.717, 1.165) is 49.4 Å². The quantitative estimate of drug-likeness (QED) is 0.0273. The van der Waals surface area contributed by atoms with Gasteiger partial charge in [0.05, 0.1) is 83.8 Å². The molecule has 3 saturated heterocycles. The Kier molecular flexibility index (Phi) is 26.2. The number of fused-ring (bicyclic) bond motifs is 1. The van der Waals surface area contributed by atoms with E-state index in [1.54, 1.807) is 24.3 Å². The highest BCUT2D eigenvalue weighted by atomic mass is 16.8. The molecule has 0 aromatic heterocycles. The van der Waals surface area contributed by atoms with Crippen LogP contribution >= 0.6 is 0 Å². The van der Waals surface area contributed by atoms with E-state index in [1.165, 1.54) is 14.0 Å². The Morgan fingerprint density at radius 1 is 0.317 bits per heavy atom. The largest absolute Gasteiger partial charge is 0.457 e. The smallest absolute Gasteiger partial charge is 0.303 e. The molecule has 3 fully saturated rings. The van der Waals surface area contributed by atoms with E-state index in [-0.39, 0.29) is 83.8 Å². The van der Waals surface area contributed by atoms with Gasteiger partial charge in [0.25, 0.3) is 11.8 Å². The van der Waals surface area contributed by atoms with Crippen molar-refractivity contribution in [2.24, 2.45) is 0 Å². The molecule has 0 saturated carbocycles. The maximum atomic E-state index is 15.4. The summed E-state index contributed by atoms with van der Waals surface area (Å²) in [7, 11) is 1.52. The average molecular weight is 1410 g/mol. The molecule has 0 radical (unpaired) electrons. The van der Waals surface area contributed by atoms with Gasteiger partial charge in [-0.3, -0.25) is 19.3 Å². The molecule has 0 bridgehead atoms. The normalized spacial score (nSPS) is 25.3. The van der Waals surface area contributed by atoms with Gasteiger partial charge in [0.2, 0.25) is 0 Å². The van der Waals surface area contributed by atoms with Crippen LogP contribution in [-0.2, 0) is 129 Å². The number of ether oxygens (including phenoxy) is 15. The van der Waals surface area contributed by atoms with Crippen molar-refractivity contribution >= 4 is 17.8 Å². The van der Waals surface area contributed by atoms with Crippen molar-refractivity contribution in [1.29, 1.82) is 0 Å². The second-order valence-electron chi connectivity index (χ2n) is 26.0. The van der Waals surface area contributed by atoms with Crippen molar-refractivity contribution in [1.82, 2.24) is 4.90 Å². The number of methoxy groups -OCH3 is 1. The Labute approximate surface area is 606 Å². The molecule has 4 aliphatic heterocycles. The number of hydrogen-bond acceptors (Lipinski definition) is 18. The monoisotopic (exact) mass is 1410 g/mol. The van der Waals surface area contributed by atoms with Gasteiger partial charge in [0, 0.05) is 14.0 Å². The number of benzene rings is 9. The highest BCUT2D eigenvalue weighted by molar-refractivity contribution is 6.21. The summed E-state index contributed by atoms with van der Waals surface area (Å²) in [6, 6.07) is 82.7. The van der Waals surface area contributed by atoms with Crippen LogP contribution in [0.25, 0.3) is 0 Å². The molecule has 15 atom stereocenters. The van der Waals surface area contributed by atoms with Crippen molar-refractivity contribution in [3.05, 3.63) is 323 Å². The minimum absolute atomic E-state index is 0.0299. The lowest BCUT2D eigenvalue weighted by atomic mass is 9.93. The Balaban J connectivity index is 0.906. The summed E-state index contributed by atoms with van der Waals surface area (Å²) in [5.74, 6) is -2.18. The number of carbonyl (C=O) groups is 3. The van der Waals surface area contributed by atoms with Crippen LogP contribution in [0.3, 0.4) is 0 Å². The highest BCUT2D eigenvalue weighted by Crippen LogP contribution is 2.41. The van der Waals surface area contributed by atoms with Gasteiger partial charge in [0.1, 0.15) is 67.1 Å². The lowest BCUT2D eigenvalue weighted by Gasteiger charge is -2.51. The van der Waals surface area contributed by atoms with Crippen molar-refractivity contribution in [2.45, 2.75) is 152 Å². The fraction of sp³-hybridized carbons (Fsp3) is 0.329. The number of imide groups is 1. The second kappa shape index (κ2) is 37.1. The third-order valence-electron chi connectivity index (χ3n) is 18.7. The topological polar surface area (TPSA) is 193 Å². The summed E-state index contributed by atoms with van der Waals surface area (Å²) < 4.78 is 105. The summed E-state index contributed by atoms with van der Waals surface area (Å²) in [5, 5.41) is 0. The first kappa shape index (κ1) is 73.3. The number of esters is 1. The van der Waals surface area contributed by atoms with Crippen LogP contribution in [0, 0.1) is 0 Å². The Hall–Kier alpha value is -8.97. The third-order valence-corrected chi connectivity index (χ3v) is 18.7. The van der Waals surface area contributed by atoms with Crippen molar-refractivity contribution in [3.63, 3.8) is 0 Å². The first-order chi connectivity index (χ1) is 51.2. The first-order valence-electron chi connectivity index (χ1n) is 35.3. The van der Waals surface area contributed by atoms with E-state index in [0.29, 0.717) is 0 Å². The predicted octanol–water partition coefficient (Wildman–Crippen LogP) is 12.8. The van der Waals surface area contributed by atoms with Gasteiger partial charge in [-0.25, -0.2) is 0 Å². The van der Waals surface area contributed by atoms with Crippen LogP contribution in [0.5, 0.6) is 0 Å². The fourth-order valence-corrected chi connectivity index (χ4v) is 13.5. The summed E-state index contributed by atoms with van der Waals surface area (Å²) in [6.07, 6.45) is -16.2. The van der Waals surface area contributed by atoms with E-state index in [1.807, 2.05) is 243 Å². The zero-order chi connectivity index (χ0) is 71.2. The molecule has 9 aromatic carbocycles. The molecule has 9 aromatic rings. The van der Waals surface area contributed by atoms with Crippen LogP contribution in [0.2, 0.25) is 0 Å². The maximum absolute atomic E-state index is 15.4. The van der Waals surface area contributed by atoms with Gasteiger partial charge in [-0.2, -0.15) is 0 Å². The Morgan fingerprint density at radius 2 is 0.606 bits per heavy atom. The lowest BCUT2D eigenvalue weighted by Crippen LogP contribution is -2.70. The van der Waals surface area contributed by atoms with Gasteiger partial charge in [0.15, 0.2) is 25.0 Å². The Bertz CT molecular complexity index is 4030. The molecule has 540 valence electrons. The standard InChI is InChI=1S/C85H87NO18/c1-58(87)100-76-72(86-81(88)67-45-27-28-46-68(67)82(86)89)83(99-57-71-74(94-50-62-35-17-6-18-36-62)77(95-51-63-37-19-7-20-38-63)79(84(90-2)102-71)97-53-65-41-23-9-24-42-65)101-70(56-92-48-60-31-13-4-14-32-60)75(76)104-85-80(98-54-66-43-25-10-26-44-66)78(96-52-64-39-21-8-22-40-64)73(93-49-61-33-15-5-16-34-61)69(103-85)55-91-47-59-29-11-3-12-30-59/h3-46,69-80,83-85H,47-57H2,1-2H3/t69-,70-,71-,72-,73-,74-,75-,76-,77+,78+,79-,80-,83-,84+,85+/m1/s1. The minimum Gasteiger partial charge on any atom is -0.457 e. The summed E-state index contributed by atoms with van der Waals surface area (Å²) in [6.45, 7) is 1.71. The van der Waals surface area contributed by atoms with Gasteiger partial charge in [-0.15, -0.1) is 0 Å². The molecule has 19 nitrogen and oxygen atoms in total. The maximum Gasteiger partial charge on any atom is 0.303 e. The number of nitrogens with zero attached hydrogens (tertiary/aromatic N) is 1. The van der Waals surface area contributed by atoms with Crippen LogP contribution < -0.4 is 0 Å². The molecular weight excluding hydrogens is 1320 g/mol.